The molecule has 0 unspecified atom stereocenters. The number of hydrogen-bond acceptors (Lipinski definition) is 4. The standard InChI is InChI=1S/C18H17ClFN3OS/c1-11-10-25-17-16(11)21-15-5-6-22(7-8-23(15)18(17)24)9-12-13(19)3-2-4-14(12)20/h2-4,10H,5-9H2,1H3. The summed E-state index contributed by atoms with van der Waals surface area (Å²) in [6, 6.07) is 4.74. The second-order valence-electron chi connectivity index (χ2n) is 6.31. The minimum Gasteiger partial charge on any atom is -0.297 e. The maximum Gasteiger partial charge on any atom is 0.271 e. The summed E-state index contributed by atoms with van der Waals surface area (Å²) in [4.78, 5) is 19.6. The Morgan fingerprint density at radius 3 is 2.96 bits per heavy atom. The summed E-state index contributed by atoms with van der Waals surface area (Å²) in [5.41, 5.74) is 2.39. The molecule has 0 bridgehead atoms. The van der Waals surface area contributed by atoms with Crippen molar-refractivity contribution in [2.75, 3.05) is 13.1 Å². The molecular weight excluding hydrogens is 361 g/mol. The molecule has 7 heteroatoms. The second-order valence-corrected chi connectivity index (χ2v) is 7.59. The molecule has 25 heavy (non-hydrogen) atoms. The summed E-state index contributed by atoms with van der Waals surface area (Å²) < 4.78 is 16.5. The lowest BCUT2D eigenvalue weighted by atomic mass is 10.2. The molecule has 2 aromatic heterocycles. The summed E-state index contributed by atoms with van der Waals surface area (Å²) in [6.45, 7) is 4.34. The average Bonchev–Trinajstić information content (AvgIpc) is 2.83. The van der Waals surface area contributed by atoms with Crippen LogP contribution < -0.4 is 5.56 Å². The van der Waals surface area contributed by atoms with Gasteiger partial charge in [-0.2, -0.15) is 0 Å². The van der Waals surface area contributed by atoms with Crippen LogP contribution in [-0.2, 0) is 19.5 Å². The van der Waals surface area contributed by atoms with Gasteiger partial charge in [0.15, 0.2) is 0 Å². The van der Waals surface area contributed by atoms with Crippen LogP contribution in [0.1, 0.15) is 17.0 Å². The molecule has 1 aliphatic heterocycles. The highest BCUT2D eigenvalue weighted by atomic mass is 35.5. The Labute approximate surface area is 153 Å². The molecule has 0 saturated heterocycles. The Balaban J connectivity index is 1.63. The van der Waals surface area contributed by atoms with Crippen molar-refractivity contribution in [3.63, 3.8) is 0 Å². The second kappa shape index (κ2) is 6.52. The third-order valence-corrected chi connectivity index (χ3v) is 6.10. The van der Waals surface area contributed by atoms with E-state index >= 15 is 0 Å². The topological polar surface area (TPSA) is 38.1 Å². The average molecular weight is 378 g/mol. The van der Waals surface area contributed by atoms with Gasteiger partial charge in [-0.1, -0.05) is 17.7 Å². The van der Waals surface area contributed by atoms with E-state index in [-0.39, 0.29) is 11.4 Å². The van der Waals surface area contributed by atoms with E-state index in [2.05, 4.69) is 4.90 Å². The molecule has 0 saturated carbocycles. The van der Waals surface area contributed by atoms with Crippen LogP contribution in [0.5, 0.6) is 0 Å². The lowest BCUT2D eigenvalue weighted by Gasteiger charge is -2.20. The number of thiophene rings is 1. The number of aryl methyl sites for hydroxylation is 1. The van der Waals surface area contributed by atoms with Crippen molar-refractivity contribution in [1.82, 2.24) is 14.5 Å². The highest BCUT2D eigenvalue weighted by molar-refractivity contribution is 7.17. The number of hydrogen-bond donors (Lipinski definition) is 0. The van der Waals surface area contributed by atoms with E-state index in [0.29, 0.717) is 47.9 Å². The Bertz CT molecular complexity index is 993. The monoisotopic (exact) mass is 377 g/mol. The van der Waals surface area contributed by atoms with Crippen molar-refractivity contribution < 1.29 is 4.39 Å². The Morgan fingerprint density at radius 1 is 1.32 bits per heavy atom. The summed E-state index contributed by atoms with van der Waals surface area (Å²) >= 11 is 7.60. The highest BCUT2D eigenvalue weighted by Gasteiger charge is 2.20. The normalized spacial score (nSPS) is 15.3. The van der Waals surface area contributed by atoms with Gasteiger partial charge in [0.25, 0.3) is 5.56 Å². The maximum atomic E-state index is 14.0. The van der Waals surface area contributed by atoms with E-state index in [1.807, 2.05) is 12.3 Å². The van der Waals surface area contributed by atoms with Gasteiger partial charge in [0.05, 0.1) is 5.52 Å². The Hall–Kier alpha value is -1.76. The van der Waals surface area contributed by atoms with Gasteiger partial charge in [-0.05, 0) is 30.0 Å². The molecule has 0 amide bonds. The van der Waals surface area contributed by atoms with E-state index in [4.69, 9.17) is 16.6 Å². The molecule has 3 aromatic rings. The van der Waals surface area contributed by atoms with Crippen LogP contribution in [0.3, 0.4) is 0 Å². The third-order valence-electron chi connectivity index (χ3n) is 4.67. The van der Waals surface area contributed by atoms with Crippen molar-refractivity contribution in [2.45, 2.75) is 26.4 Å². The number of rotatable bonds is 2. The molecule has 0 N–H and O–H groups in total. The molecule has 0 fully saturated rings. The predicted octanol–water partition coefficient (Wildman–Crippen LogP) is 3.62. The smallest absolute Gasteiger partial charge is 0.271 e. The lowest BCUT2D eigenvalue weighted by Crippen LogP contribution is -2.29. The predicted molar refractivity (Wildman–Crippen MR) is 99.0 cm³/mol. The minimum absolute atomic E-state index is 0.0314. The van der Waals surface area contributed by atoms with E-state index in [1.54, 1.807) is 16.7 Å². The van der Waals surface area contributed by atoms with Gasteiger partial charge >= 0.3 is 0 Å². The van der Waals surface area contributed by atoms with Gasteiger partial charge in [-0.15, -0.1) is 11.3 Å². The SMILES string of the molecule is Cc1csc2c(=O)n3c(nc12)CCN(Cc1c(F)cccc1Cl)CC3. The molecule has 0 spiro atoms. The first-order valence-corrected chi connectivity index (χ1v) is 9.43. The first kappa shape index (κ1) is 16.7. The molecule has 3 heterocycles. The quantitative estimate of drug-likeness (QED) is 0.684. The van der Waals surface area contributed by atoms with Gasteiger partial charge in [-0.25, -0.2) is 9.37 Å². The molecule has 0 radical (unpaired) electrons. The molecule has 1 aromatic carbocycles. The maximum absolute atomic E-state index is 14.0. The number of halogens is 2. The minimum atomic E-state index is -0.291. The van der Waals surface area contributed by atoms with Crippen molar-refractivity contribution in [2.24, 2.45) is 0 Å². The zero-order chi connectivity index (χ0) is 17.6. The molecule has 0 aliphatic carbocycles. The van der Waals surface area contributed by atoms with Gasteiger partial charge in [0, 0.05) is 43.2 Å². The number of aromatic nitrogens is 2. The molecule has 4 rings (SSSR count). The number of benzene rings is 1. The molecule has 0 atom stereocenters. The van der Waals surface area contributed by atoms with Crippen LogP contribution in [0.15, 0.2) is 28.4 Å². The van der Waals surface area contributed by atoms with E-state index in [9.17, 15) is 9.18 Å². The zero-order valence-corrected chi connectivity index (χ0v) is 15.3. The summed E-state index contributed by atoms with van der Waals surface area (Å²) in [6.07, 6.45) is 0.659. The Morgan fingerprint density at radius 2 is 2.16 bits per heavy atom. The number of nitrogens with zero attached hydrogens (tertiary/aromatic N) is 3. The fraction of sp³-hybridized carbons (Fsp3) is 0.333. The van der Waals surface area contributed by atoms with Crippen LogP contribution in [0.2, 0.25) is 5.02 Å². The van der Waals surface area contributed by atoms with Crippen molar-refractivity contribution >= 4 is 33.2 Å². The zero-order valence-electron chi connectivity index (χ0n) is 13.8. The van der Waals surface area contributed by atoms with Gasteiger partial charge in [-0.3, -0.25) is 14.3 Å². The van der Waals surface area contributed by atoms with Crippen LogP contribution >= 0.6 is 22.9 Å². The number of fused-ring (bicyclic) bond motifs is 2. The molecule has 1 aliphatic rings. The van der Waals surface area contributed by atoms with Crippen LogP contribution in [-0.4, -0.2) is 27.5 Å². The first-order valence-electron chi connectivity index (χ1n) is 8.17. The third kappa shape index (κ3) is 2.99. The summed E-state index contributed by atoms with van der Waals surface area (Å²) in [7, 11) is 0. The van der Waals surface area contributed by atoms with Crippen molar-refractivity contribution in [3.8, 4) is 0 Å². The van der Waals surface area contributed by atoms with Crippen LogP contribution in [0.25, 0.3) is 10.2 Å². The van der Waals surface area contributed by atoms with Gasteiger partial charge in [0.1, 0.15) is 16.3 Å². The van der Waals surface area contributed by atoms with Crippen LogP contribution in [0.4, 0.5) is 4.39 Å². The Kier molecular flexibility index (Phi) is 4.35. The van der Waals surface area contributed by atoms with E-state index < -0.39 is 0 Å². The lowest BCUT2D eigenvalue weighted by molar-refractivity contribution is 0.267. The van der Waals surface area contributed by atoms with Crippen LogP contribution in [0, 0.1) is 12.7 Å². The fourth-order valence-corrected chi connectivity index (χ4v) is 4.41. The fourth-order valence-electron chi connectivity index (χ4n) is 3.26. The molecule has 4 nitrogen and oxygen atoms in total. The van der Waals surface area contributed by atoms with Gasteiger partial charge in [0.2, 0.25) is 0 Å². The van der Waals surface area contributed by atoms with Crippen molar-refractivity contribution in [1.29, 1.82) is 0 Å². The first-order chi connectivity index (χ1) is 12.0. The summed E-state index contributed by atoms with van der Waals surface area (Å²) in [5.74, 6) is 0.516. The molecular formula is C18H17ClFN3OS. The van der Waals surface area contributed by atoms with Gasteiger partial charge < -0.3 is 0 Å². The van der Waals surface area contributed by atoms with E-state index in [0.717, 1.165) is 16.9 Å². The summed E-state index contributed by atoms with van der Waals surface area (Å²) in [5, 5.41) is 2.42. The highest BCUT2D eigenvalue weighted by Crippen LogP contribution is 2.23. The molecule has 130 valence electrons. The van der Waals surface area contributed by atoms with E-state index in [1.165, 1.54) is 17.4 Å². The van der Waals surface area contributed by atoms with Crippen molar-refractivity contribution in [3.05, 3.63) is 61.7 Å². The largest absolute Gasteiger partial charge is 0.297 e.